The second-order valence-corrected chi connectivity index (χ2v) is 10.9. The van der Waals surface area contributed by atoms with Crippen molar-refractivity contribution < 1.29 is 19.0 Å². The minimum absolute atomic E-state index is 0.0409. The van der Waals surface area contributed by atoms with E-state index in [1.807, 2.05) is 12.1 Å². The predicted molar refractivity (Wildman–Crippen MR) is 164 cm³/mol. The van der Waals surface area contributed by atoms with Crippen LogP contribution >= 0.6 is 11.6 Å². The molecule has 2 aromatic carbocycles. The number of ether oxygens (including phenoxy) is 1. The second kappa shape index (κ2) is 12.9. The van der Waals surface area contributed by atoms with Gasteiger partial charge in [-0.1, -0.05) is 23.7 Å². The average molecular weight is 603 g/mol. The van der Waals surface area contributed by atoms with Crippen molar-refractivity contribution in [1.29, 1.82) is 0 Å². The molecule has 0 aliphatic carbocycles. The molecule has 9 nitrogen and oxygen atoms in total. The number of para-hydroxylation sites is 1. The Labute approximate surface area is 254 Å². The highest BCUT2D eigenvalue weighted by Crippen LogP contribution is 2.40. The SMILES string of the molecule is O=C(NCCC(c1cc(N2CCOc3cnc(-c4cc(Cl)ccc4F)cc32)ccn1)N1CCNCC1)c1ccccc1O. The molecule has 0 bridgehead atoms. The smallest absolute Gasteiger partial charge is 0.255 e. The molecule has 0 spiro atoms. The van der Waals surface area contributed by atoms with Crippen LogP contribution in [0.5, 0.6) is 11.5 Å². The summed E-state index contributed by atoms with van der Waals surface area (Å²) in [5.74, 6) is -0.152. The standard InChI is InChI=1S/C32H32ClFN6O3/c33-21-5-6-25(34)24(17-21)26-19-29-31(20-38-26)43-16-15-40(29)22-7-9-36-27(18-22)28(39-13-11-35-12-14-39)8-10-37-32(42)23-3-1-2-4-30(23)41/h1-7,9,17-20,28,35,41H,8,10-16H2,(H,37,42). The molecule has 2 aliphatic rings. The molecule has 2 aromatic heterocycles. The fourth-order valence-electron chi connectivity index (χ4n) is 5.61. The van der Waals surface area contributed by atoms with E-state index in [2.05, 4.69) is 31.5 Å². The van der Waals surface area contributed by atoms with Gasteiger partial charge in [0.2, 0.25) is 0 Å². The van der Waals surface area contributed by atoms with E-state index in [1.165, 1.54) is 18.2 Å². The number of aromatic hydroxyl groups is 1. The number of piperazine rings is 1. The van der Waals surface area contributed by atoms with Crippen molar-refractivity contribution in [2.45, 2.75) is 12.5 Å². The first-order valence-electron chi connectivity index (χ1n) is 14.3. The number of pyridine rings is 2. The van der Waals surface area contributed by atoms with E-state index in [0.29, 0.717) is 48.1 Å². The number of nitrogens with zero attached hydrogens (tertiary/aromatic N) is 4. The summed E-state index contributed by atoms with van der Waals surface area (Å²) in [5.41, 5.74) is 3.62. The van der Waals surface area contributed by atoms with Crippen LogP contribution in [0.2, 0.25) is 5.02 Å². The van der Waals surface area contributed by atoms with Gasteiger partial charge in [-0.05, 0) is 55.0 Å². The van der Waals surface area contributed by atoms with Crippen molar-refractivity contribution in [1.82, 2.24) is 25.5 Å². The molecule has 1 unspecified atom stereocenters. The number of hydrogen-bond donors (Lipinski definition) is 3. The van der Waals surface area contributed by atoms with Gasteiger partial charge in [0.05, 0.1) is 41.4 Å². The minimum Gasteiger partial charge on any atom is -0.507 e. The van der Waals surface area contributed by atoms with E-state index < -0.39 is 5.82 Å². The van der Waals surface area contributed by atoms with Crippen LogP contribution in [0.15, 0.2) is 73.1 Å². The van der Waals surface area contributed by atoms with E-state index >= 15 is 0 Å². The molecule has 3 N–H and O–H groups in total. The Kier molecular flexibility index (Phi) is 8.69. The van der Waals surface area contributed by atoms with E-state index in [1.54, 1.807) is 36.7 Å². The summed E-state index contributed by atoms with van der Waals surface area (Å²) < 4.78 is 20.6. The summed E-state index contributed by atoms with van der Waals surface area (Å²) in [7, 11) is 0. The molecular weight excluding hydrogens is 571 g/mol. The number of halogens is 2. The number of benzene rings is 2. The number of fused-ring (bicyclic) bond motifs is 1. The molecule has 1 atom stereocenters. The number of rotatable bonds is 8. The van der Waals surface area contributed by atoms with Crippen molar-refractivity contribution >= 4 is 28.9 Å². The number of anilines is 2. The molecule has 4 heterocycles. The number of amides is 1. The van der Waals surface area contributed by atoms with Crippen molar-refractivity contribution in [3.63, 3.8) is 0 Å². The highest BCUT2D eigenvalue weighted by molar-refractivity contribution is 6.30. The quantitative estimate of drug-likeness (QED) is 0.261. The first kappa shape index (κ1) is 28.9. The molecule has 43 heavy (non-hydrogen) atoms. The minimum atomic E-state index is -0.403. The second-order valence-electron chi connectivity index (χ2n) is 10.5. The molecule has 6 rings (SSSR count). The van der Waals surface area contributed by atoms with Gasteiger partial charge in [-0.3, -0.25) is 19.7 Å². The Morgan fingerprint density at radius 1 is 1.09 bits per heavy atom. The number of phenolic OH excluding ortho intramolecular Hbond substituents is 1. The fourth-order valence-corrected chi connectivity index (χ4v) is 5.78. The van der Waals surface area contributed by atoms with Gasteiger partial charge in [0.15, 0.2) is 5.75 Å². The lowest BCUT2D eigenvalue weighted by molar-refractivity contribution is 0.0941. The summed E-state index contributed by atoms with van der Waals surface area (Å²) in [6.07, 6.45) is 4.06. The molecule has 0 saturated carbocycles. The molecular formula is C32H32ClFN6O3. The number of aromatic nitrogens is 2. The molecule has 1 saturated heterocycles. The Balaban J connectivity index is 1.27. The third kappa shape index (κ3) is 6.41. The molecule has 2 aliphatic heterocycles. The predicted octanol–water partition coefficient (Wildman–Crippen LogP) is 4.94. The van der Waals surface area contributed by atoms with Crippen LogP contribution in [0.4, 0.5) is 15.8 Å². The lowest BCUT2D eigenvalue weighted by Gasteiger charge is -2.36. The van der Waals surface area contributed by atoms with Crippen molar-refractivity contribution in [3.8, 4) is 22.8 Å². The van der Waals surface area contributed by atoms with Crippen LogP contribution in [0.1, 0.15) is 28.5 Å². The zero-order chi connectivity index (χ0) is 29.8. The highest BCUT2D eigenvalue weighted by Gasteiger charge is 2.26. The van der Waals surface area contributed by atoms with Crippen LogP contribution in [0.3, 0.4) is 0 Å². The largest absolute Gasteiger partial charge is 0.507 e. The van der Waals surface area contributed by atoms with Crippen LogP contribution < -0.4 is 20.3 Å². The Hall–Kier alpha value is -4.25. The molecule has 222 valence electrons. The molecule has 4 aromatic rings. The van der Waals surface area contributed by atoms with Gasteiger partial charge in [0, 0.05) is 55.2 Å². The van der Waals surface area contributed by atoms with Gasteiger partial charge >= 0.3 is 0 Å². The maximum atomic E-state index is 14.7. The fraction of sp³-hybridized carbons (Fsp3) is 0.281. The monoisotopic (exact) mass is 602 g/mol. The van der Waals surface area contributed by atoms with E-state index in [-0.39, 0.29) is 23.3 Å². The lowest BCUT2D eigenvalue weighted by atomic mass is 10.0. The van der Waals surface area contributed by atoms with Gasteiger partial charge < -0.3 is 25.4 Å². The van der Waals surface area contributed by atoms with Gasteiger partial charge in [-0.25, -0.2) is 4.39 Å². The zero-order valence-corrected chi connectivity index (χ0v) is 24.2. The van der Waals surface area contributed by atoms with E-state index in [0.717, 1.165) is 43.2 Å². The lowest BCUT2D eigenvalue weighted by Crippen LogP contribution is -2.46. The van der Waals surface area contributed by atoms with E-state index in [4.69, 9.17) is 21.3 Å². The number of phenols is 1. The normalized spacial score (nSPS) is 15.8. The van der Waals surface area contributed by atoms with Crippen molar-refractivity contribution in [2.24, 2.45) is 0 Å². The maximum absolute atomic E-state index is 14.7. The van der Waals surface area contributed by atoms with Gasteiger partial charge in [0.1, 0.15) is 18.2 Å². The molecule has 1 fully saturated rings. The number of carbonyl (C=O) groups is 1. The van der Waals surface area contributed by atoms with Crippen molar-refractivity contribution in [2.75, 3.05) is 50.8 Å². The third-order valence-corrected chi connectivity index (χ3v) is 8.01. The van der Waals surface area contributed by atoms with Crippen LogP contribution in [-0.4, -0.2) is 71.8 Å². The van der Waals surface area contributed by atoms with Gasteiger partial charge in [-0.15, -0.1) is 0 Å². The first-order valence-corrected chi connectivity index (χ1v) is 14.7. The van der Waals surface area contributed by atoms with Crippen LogP contribution in [0.25, 0.3) is 11.3 Å². The average Bonchev–Trinajstić information content (AvgIpc) is 3.04. The highest BCUT2D eigenvalue weighted by atomic mass is 35.5. The van der Waals surface area contributed by atoms with Crippen LogP contribution in [-0.2, 0) is 0 Å². The Morgan fingerprint density at radius 3 is 2.77 bits per heavy atom. The molecule has 11 heteroatoms. The Morgan fingerprint density at radius 2 is 1.93 bits per heavy atom. The summed E-state index contributed by atoms with van der Waals surface area (Å²) >= 11 is 6.16. The topological polar surface area (TPSA) is 103 Å². The van der Waals surface area contributed by atoms with Gasteiger partial charge in [-0.2, -0.15) is 0 Å². The van der Waals surface area contributed by atoms with E-state index in [9.17, 15) is 14.3 Å². The van der Waals surface area contributed by atoms with Crippen molar-refractivity contribution in [3.05, 3.63) is 95.2 Å². The summed E-state index contributed by atoms with van der Waals surface area (Å²) in [5, 5.41) is 16.9. The first-order chi connectivity index (χ1) is 21.0. The number of carbonyl (C=O) groups excluding carboxylic acids is 1. The molecule has 0 radical (unpaired) electrons. The number of hydrogen-bond acceptors (Lipinski definition) is 8. The maximum Gasteiger partial charge on any atom is 0.255 e. The Bertz CT molecular complexity index is 1620. The summed E-state index contributed by atoms with van der Waals surface area (Å²) in [6.45, 7) is 4.91. The molecule has 1 amide bonds. The van der Waals surface area contributed by atoms with Crippen LogP contribution in [0, 0.1) is 5.82 Å². The number of nitrogens with one attached hydrogen (secondary N) is 2. The third-order valence-electron chi connectivity index (χ3n) is 7.78. The van der Waals surface area contributed by atoms with Gasteiger partial charge in [0.25, 0.3) is 5.91 Å². The summed E-state index contributed by atoms with van der Waals surface area (Å²) in [4.78, 5) is 26.5. The summed E-state index contributed by atoms with van der Waals surface area (Å²) in [6, 6.07) is 16.7. The zero-order valence-electron chi connectivity index (χ0n) is 23.5.